The number of allylic oxidation sites excluding steroid dienone is 2. The van der Waals surface area contributed by atoms with E-state index in [9.17, 15) is 24.2 Å². The Kier molecular flexibility index (Phi) is 28.0. The largest absolute Gasteiger partial charge is 0.472 e. The number of carbonyl (C=O) groups excluding carboxylic acids is 2. The predicted octanol–water partition coefficient (Wildman–Crippen LogP) is 7.54. The summed E-state index contributed by atoms with van der Waals surface area (Å²) in [6.45, 7) is 3.41. The van der Waals surface area contributed by atoms with E-state index in [0.29, 0.717) is 6.42 Å². The van der Waals surface area contributed by atoms with Gasteiger partial charge in [0.2, 0.25) is 5.91 Å². The van der Waals surface area contributed by atoms with E-state index in [1.54, 1.807) is 0 Å². The molecule has 0 heterocycles. The van der Waals surface area contributed by atoms with Crippen molar-refractivity contribution in [3.63, 3.8) is 0 Å². The van der Waals surface area contributed by atoms with Gasteiger partial charge in [0.1, 0.15) is 12.7 Å². The summed E-state index contributed by atoms with van der Waals surface area (Å²) < 4.78 is 26.5. The molecule has 9 nitrogen and oxygen atoms in total. The second kappa shape index (κ2) is 28.9. The molecular formula is C31H60NO8P. The molecule has 3 N–H and O–H groups in total. The first-order chi connectivity index (χ1) is 19.8. The topological polar surface area (TPSA) is 131 Å². The fraction of sp³-hybridized carbons (Fsp3) is 0.871. The second-order valence-electron chi connectivity index (χ2n) is 10.8. The predicted molar refractivity (Wildman–Crippen MR) is 165 cm³/mol. The van der Waals surface area contributed by atoms with Crippen molar-refractivity contribution in [2.75, 3.05) is 26.4 Å². The van der Waals surface area contributed by atoms with Gasteiger partial charge in [-0.15, -0.1) is 0 Å². The van der Waals surface area contributed by atoms with Crippen molar-refractivity contribution in [3.8, 4) is 0 Å². The molecule has 0 saturated heterocycles. The van der Waals surface area contributed by atoms with E-state index in [1.807, 2.05) is 0 Å². The Balaban J connectivity index is 3.63. The lowest BCUT2D eigenvalue weighted by atomic mass is 10.1. The number of hydrogen-bond donors (Lipinski definition) is 3. The fourth-order valence-corrected chi connectivity index (χ4v) is 4.95. The fourth-order valence-electron chi connectivity index (χ4n) is 4.20. The van der Waals surface area contributed by atoms with E-state index in [2.05, 4.69) is 31.3 Å². The van der Waals surface area contributed by atoms with Gasteiger partial charge >= 0.3 is 13.8 Å². The standard InChI is InChI=1S/C31H60NO8P/c1-3-5-7-9-10-11-12-13-14-15-16-17-18-20-21-23-30(34)32-25-26-39-41(36,37)40-28-29(33)27-38-31(35)24-22-19-8-6-4-2/h13-14,29,33H,3-12,15-28H2,1-2H3,(H,32,34)(H,36,37)/b14-13-. The number of rotatable bonds is 30. The zero-order valence-corrected chi connectivity index (χ0v) is 26.9. The number of carbonyl (C=O) groups is 2. The minimum Gasteiger partial charge on any atom is -0.463 e. The Morgan fingerprint density at radius 2 is 1.24 bits per heavy atom. The molecule has 0 aliphatic carbocycles. The van der Waals surface area contributed by atoms with Crippen molar-refractivity contribution in [1.82, 2.24) is 5.32 Å². The third-order valence-corrected chi connectivity index (χ3v) is 7.68. The summed E-state index contributed by atoms with van der Waals surface area (Å²) in [5.41, 5.74) is 0. The zero-order chi connectivity index (χ0) is 30.4. The molecule has 0 aromatic carbocycles. The summed E-state index contributed by atoms with van der Waals surface area (Å²) in [5.74, 6) is -0.538. The molecule has 1 amide bonds. The summed E-state index contributed by atoms with van der Waals surface area (Å²) in [6, 6.07) is 0. The van der Waals surface area contributed by atoms with Crippen LogP contribution >= 0.6 is 7.82 Å². The lowest BCUT2D eigenvalue weighted by molar-refractivity contribution is -0.147. The van der Waals surface area contributed by atoms with Gasteiger partial charge in [-0.2, -0.15) is 0 Å². The number of nitrogens with one attached hydrogen (secondary N) is 1. The Morgan fingerprint density at radius 3 is 1.83 bits per heavy atom. The van der Waals surface area contributed by atoms with Crippen LogP contribution < -0.4 is 5.32 Å². The second-order valence-corrected chi connectivity index (χ2v) is 12.2. The zero-order valence-electron chi connectivity index (χ0n) is 26.0. The molecule has 0 bridgehead atoms. The van der Waals surface area contributed by atoms with Crippen molar-refractivity contribution in [1.29, 1.82) is 0 Å². The number of unbranched alkanes of at least 4 members (excludes halogenated alkanes) is 15. The van der Waals surface area contributed by atoms with Crippen LogP contribution in [0.2, 0.25) is 0 Å². The van der Waals surface area contributed by atoms with Crippen LogP contribution in [-0.2, 0) is 27.9 Å². The van der Waals surface area contributed by atoms with Crippen LogP contribution in [0.4, 0.5) is 0 Å². The number of aliphatic hydroxyl groups is 1. The molecule has 0 saturated carbocycles. The molecular weight excluding hydrogens is 545 g/mol. The highest BCUT2D eigenvalue weighted by Gasteiger charge is 2.23. The SMILES string of the molecule is CCCCCCCC/C=C\CCCCCCCC(=O)NCCOP(=O)(O)OCC(O)COC(=O)CCCCCCC. The summed E-state index contributed by atoms with van der Waals surface area (Å²) in [4.78, 5) is 33.3. The number of aliphatic hydroxyl groups excluding tert-OH is 1. The highest BCUT2D eigenvalue weighted by Crippen LogP contribution is 2.42. The van der Waals surface area contributed by atoms with Gasteiger partial charge < -0.3 is 20.1 Å². The number of hydrogen-bond acceptors (Lipinski definition) is 7. The number of ether oxygens (including phenoxy) is 1. The normalized spacial score (nSPS) is 13.8. The van der Waals surface area contributed by atoms with E-state index in [4.69, 9.17) is 13.8 Å². The van der Waals surface area contributed by atoms with E-state index in [-0.39, 0.29) is 32.1 Å². The number of phosphoric acid groups is 1. The monoisotopic (exact) mass is 605 g/mol. The van der Waals surface area contributed by atoms with Gasteiger partial charge in [0.15, 0.2) is 0 Å². The van der Waals surface area contributed by atoms with Crippen LogP contribution in [0.3, 0.4) is 0 Å². The third-order valence-electron chi connectivity index (χ3n) is 6.70. The summed E-state index contributed by atoms with van der Waals surface area (Å²) in [7, 11) is -4.39. The van der Waals surface area contributed by atoms with Gasteiger partial charge in [-0.3, -0.25) is 18.6 Å². The van der Waals surface area contributed by atoms with Gasteiger partial charge in [0, 0.05) is 19.4 Å². The van der Waals surface area contributed by atoms with Gasteiger partial charge in [0.05, 0.1) is 13.2 Å². The molecule has 41 heavy (non-hydrogen) atoms. The Bertz CT molecular complexity index is 704. The molecule has 0 aromatic rings. The van der Waals surface area contributed by atoms with Crippen LogP contribution in [0.1, 0.15) is 142 Å². The minimum atomic E-state index is -4.39. The third kappa shape index (κ3) is 30.0. The maximum atomic E-state index is 11.9. The average Bonchev–Trinajstić information content (AvgIpc) is 2.95. The molecule has 0 spiro atoms. The van der Waals surface area contributed by atoms with E-state index < -0.39 is 26.5 Å². The molecule has 0 aliphatic rings. The lowest BCUT2D eigenvalue weighted by Crippen LogP contribution is -2.27. The smallest absolute Gasteiger partial charge is 0.463 e. The number of esters is 1. The van der Waals surface area contributed by atoms with Crippen LogP contribution in [0.25, 0.3) is 0 Å². The van der Waals surface area contributed by atoms with E-state index >= 15 is 0 Å². The Hall–Kier alpha value is -1.25. The average molecular weight is 606 g/mol. The van der Waals surface area contributed by atoms with Crippen molar-refractivity contribution in [2.24, 2.45) is 0 Å². The maximum Gasteiger partial charge on any atom is 0.472 e. The van der Waals surface area contributed by atoms with Crippen molar-refractivity contribution in [2.45, 2.75) is 148 Å². The highest BCUT2D eigenvalue weighted by atomic mass is 31.2. The molecule has 0 aromatic heterocycles. The summed E-state index contributed by atoms with van der Waals surface area (Å²) in [5, 5.41) is 12.5. The summed E-state index contributed by atoms with van der Waals surface area (Å²) >= 11 is 0. The van der Waals surface area contributed by atoms with Crippen molar-refractivity contribution >= 4 is 19.7 Å². The van der Waals surface area contributed by atoms with Gasteiger partial charge in [-0.25, -0.2) is 4.57 Å². The van der Waals surface area contributed by atoms with E-state index in [1.165, 1.54) is 57.8 Å². The molecule has 10 heteroatoms. The van der Waals surface area contributed by atoms with Crippen LogP contribution in [0, 0.1) is 0 Å². The van der Waals surface area contributed by atoms with Crippen LogP contribution in [0.15, 0.2) is 12.2 Å². The van der Waals surface area contributed by atoms with Crippen molar-refractivity contribution < 1.29 is 37.9 Å². The van der Waals surface area contributed by atoms with Crippen LogP contribution in [0.5, 0.6) is 0 Å². The molecule has 2 unspecified atom stereocenters. The van der Waals surface area contributed by atoms with Crippen LogP contribution in [-0.4, -0.2) is 54.3 Å². The first kappa shape index (κ1) is 39.8. The molecule has 0 aliphatic heterocycles. The first-order valence-electron chi connectivity index (χ1n) is 16.2. The highest BCUT2D eigenvalue weighted by molar-refractivity contribution is 7.47. The number of phosphoric ester groups is 1. The van der Waals surface area contributed by atoms with Gasteiger partial charge in [-0.1, -0.05) is 103 Å². The van der Waals surface area contributed by atoms with E-state index in [0.717, 1.165) is 57.8 Å². The van der Waals surface area contributed by atoms with Gasteiger partial charge in [-0.05, 0) is 38.5 Å². The molecule has 0 rings (SSSR count). The minimum absolute atomic E-state index is 0.0796. The lowest BCUT2D eigenvalue weighted by Gasteiger charge is -2.15. The molecule has 242 valence electrons. The maximum absolute atomic E-state index is 11.9. The Labute approximate surface area is 249 Å². The Morgan fingerprint density at radius 1 is 0.732 bits per heavy atom. The summed E-state index contributed by atoms with van der Waals surface area (Å²) in [6.07, 6.45) is 24.7. The molecule has 0 fully saturated rings. The first-order valence-corrected chi connectivity index (χ1v) is 17.7. The van der Waals surface area contributed by atoms with Crippen molar-refractivity contribution in [3.05, 3.63) is 12.2 Å². The van der Waals surface area contributed by atoms with Gasteiger partial charge in [0.25, 0.3) is 0 Å². The quantitative estimate of drug-likeness (QED) is 0.0331. The number of amides is 1. The molecule has 0 radical (unpaired) electrons. The molecule has 2 atom stereocenters.